The molecule has 6 nitrogen and oxygen atoms in total. The third-order valence-electron chi connectivity index (χ3n) is 4.64. The zero-order valence-electron chi connectivity index (χ0n) is 16.7. The fourth-order valence-electron chi connectivity index (χ4n) is 3.17. The van der Waals surface area contributed by atoms with E-state index < -0.39 is 12.0 Å². The van der Waals surface area contributed by atoms with Gasteiger partial charge < -0.3 is 20.1 Å². The average molecular weight is 394 g/mol. The summed E-state index contributed by atoms with van der Waals surface area (Å²) in [5.41, 5.74) is 2.79. The highest BCUT2D eigenvalue weighted by Gasteiger charge is 2.32. The molecule has 0 unspecified atom stereocenters. The zero-order valence-corrected chi connectivity index (χ0v) is 16.7. The van der Waals surface area contributed by atoms with E-state index in [9.17, 15) is 9.59 Å². The van der Waals surface area contributed by atoms with Crippen LogP contribution < -0.4 is 15.4 Å². The molecule has 0 fully saturated rings. The number of nitrogens with one attached hydrogen (secondary N) is 2. The number of esters is 1. The number of hydrogen-bond donors (Lipinski definition) is 2. The van der Waals surface area contributed by atoms with Gasteiger partial charge in [0.1, 0.15) is 5.75 Å². The maximum Gasteiger partial charge on any atom is 0.338 e. The standard InChI is InChI=1S/C23H26N2O4/c1-3-14-28-19-11-9-18(10-12-19)21-20(16(2)24-23(27)25-21)22(26)29-15-13-17-7-5-4-6-8-17/h4-12,21H,3,13-15H2,1-2H3,(H2,24,25,27)/t21-/m0/s1. The van der Waals surface area contributed by atoms with E-state index >= 15 is 0 Å². The molecule has 2 amide bonds. The summed E-state index contributed by atoms with van der Waals surface area (Å²) >= 11 is 0. The summed E-state index contributed by atoms with van der Waals surface area (Å²) in [6, 6.07) is 16.3. The average Bonchev–Trinajstić information content (AvgIpc) is 2.72. The lowest BCUT2D eigenvalue weighted by Crippen LogP contribution is -2.45. The molecule has 29 heavy (non-hydrogen) atoms. The van der Waals surface area contributed by atoms with Crippen molar-refractivity contribution in [2.75, 3.05) is 13.2 Å². The number of amides is 2. The van der Waals surface area contributed by atoms with Gasteiger partial charge in [0, 0.05) is 12.1 Å². The van der Waals surface area contributed by atoms with Crippen LogP contribution in [0, 0.1) is 0 Å². The number of hydrogen-bond acceptors (Lipinski definition) is 4. The molecule has 2 aromatic carbocycles. The van der Waals surface area contributed by atoms with Gasteiger partial charge in [-0.15, -0.1) is 0 Å². The molecule has 2 N–H and O–H groups in total. The Balaban J connectivity index is 1.72. The molecule has 3 rings (SSSR count). The van der Waals surface area contributed by atoms with Crippen LogP contribution in [0.5, 0.6) is 5.75 Å². The van der Waals surface area contributed by atoms with Gasteiger partial charge in [0.05, 0.1) is 24.8 Å². The first-order chi connectivity index (χ1) is 14.1. The van der Waals surface area contributed by atoms with Crippen molar-refractivity contribution in [3.8, 4) is 5.75 Å². The highest BCUT2D eigenvalue weighted by Crippen LogP contribution is 2.29. The normalized spacial score (nSPS) is 16.1. The Morgan fingerprint density at radius 2 is 1.76 bits per heavy atom. The predicted molar refractivity (Wildman–Crippen MR) is 110 cm³/mol. The SMILES string of the molecule is CCCOc1ccc([C@@H]2NC(=O)NC(C)=C2C(=O)OCCc2ccccc2)cc1. The molecule has 0 saturated carbocycles. The lowest BCUT2D eigenvalue weighted by atomic mass is 9.95. The Bertz CT molecular complexity index is 876. The molecular formula is C23H26N2O4. The summed E-state index contributed by atoms with van der Waals surface area (Å²) in [4.78, 5) is 24.8. The van der Waals surface area contributed by atoms with Gasteiger partial charge in [0.15, 0.2) is 0 Å². The fourth-order valence-corrected chi connectivity index (χ4v) is 3.17. The van der Waals surface area contributed by atoms with E-state index in [2.05, 4.69) is 10.6 Å². The van der Waals surface area contributed by atoms with E-state index in [1.165, 1.54) is 0 Å². The van der Waals surface area contributed by atoms with Crippen LogP contribution in [0.25, 0.3) is 0 Å². The summed E-state index contributed by atoms with van der Waals surface area (Å²) in [7, 11) is 0. The molecule has 0 radical (unpaired) electrons. The van der Waals surface area contributed by atoms with Crippen molar-refractivity contribution in [3.63, 3.8) is 0 Å². The molecule has 152 valence electrons. The third-order valence-corrected chi connectivity index (χ3v) is 4.64. The first kappa shape index (κ1) is 20.5. The number of carbonyl (C=O) groups is 2. The Hall–Kier alpha value is -3.28. The van der Waals surface area contributed by atoms with Gasteiger partial charge in [-0.05, 0) is 36.6 Å². The van der Waals surface area contributed by atoms with Crippen LogP contribution in [0.4, 0.5) is 4.79 Å². The molecule has 1 aliphatic heterocycles. The van der Waals surface area contributed by atoms with Gasteiger partial charge in [-0.2, -0.15) is 0 Å². The largest absolute Gasteiger partial charge is 0.494 e. The van der Waals surface area contributed by atoms with Crippen LogP contribution >= 0.6 is 0 Å². The minimum absolute atomic E-state index is 0.268. The molecule has 2 aromatic rings. The van der Waals surface area contributed by atoms with Crippen molar-refractivity contribution in [2.45, 2.75) is 32.7 Å². The number of rotatable bonds is 8. The van der Waals surface area contributed by atoms with Crippen molar-refractivity contribution in [1.29, 1.82) is 0 Å². The summed E-state index contributed by atoms with van der Waals surface area (Å²) in [6.45, 7) is 4.66. The van der Waals surface area contributed by atoms with Gasteiger partial charge in [0.25, 0.3) is 0 Å². The number of urea groups is 1. The number of carbonyl (C=O) groups excluding carboxylic acids is 2. The van der Waals surface area contributed by atoms with E-state index in [0.717, 1.165) is 23.3 Å². The first-order valence-corrected chi connectivity index (χ1v) is 9.80. The number of ether oxygens (including phenoxy) is 2. The highest BCUT2D eigenvalue weighted by molar-refractivity contribution is 5.95. The summed E-state index contributed by atoms with van der Waals surface area (Å²) in [6.07, 6.45) is 1.56. The molecule has 0 spiro atoms. The molecule has 0 aromatic heterocycles. The van der Waals surface area contributed by atoms with E-state index in [1.807, 2.05) is 61.5 Å². The number of allylic oxidation sites excluding steroid dienone is 1. The highest BCUT2D eigenvalue weighted by atomic mass is 16.5. The second-order valence-corrected chi connectivity index (χ2v) is 6.86. The van der Waals surface area contributed by atoms with E-state index in [4.69, 9.17) is 9.47 Å². The molecule has 0 bridgehead atoms. The smallest absolute Gasteiger partial charge is 0.338 e. The van der Waals surface area contributed by atoms with Crippen molar-refractivity contribution in [1.82, 2.24) is 10.6 Å². The number of benzene rings is 2. The molecular weight excluding hydrogens is 368 g/mol. The molecule has 1 aliphatic rings. The Labute approximate surface area is 170 Å². The molecule has 0 aliphatic carbocycles. The van der Waals surface area contributed by atoms with Gasteiger partial charge in [-0.25, -0.2) is 9.59 Å². The lowest BCUT2D eigenvalue weighted by molar-refractivity contribution is -0.139. The molecule has 1 heterocycles. The Morgan fingerprint density at radius 1 is 1.03 bits per heavy atom. The molecule has 1 atom stereocenters. The van der Waals surface area contributed by atoms with E-state index in [1.54, 1.807) is 6.92 Å². The quantitative estimate of drug-likeness (QED) is 0.666. The maximum absolute atomic E-state index is 12.8. The lowest BCUT2D eigenvalue weighted by Gasteiger charge is -2.28. The van der Waals surface area contributed by atoms with E-state index in [0.29, 0.717) is 24.3 Å². The predicted octanol–water partition coefficient (Wildman–Crippen LogP) is 3.89. The maximum atomic E-state index is 12.8. The topological polar surface area (TPSA) is 76.7 Å². The molecule has 0 saturated heterocycles. The minimum atomic E-state index is -0.576. The third kappa shape index (κ3) is 5.38. The second kappa shape index (κ2) is 9.78. The van der Waals surface area contributed by atoms with Gasteiger partial charge in [0.2, 0.25) is 0 Å². The van der Waals surface area contributed by atoms with Gasteiger partial charge >= 0.3 is 12.0 Å². The van der Waals surface area contributed by atoms with Crippen molar-refractivity contribution in [3.05, 3.63) is 77.0 Å². The summed E-state index contributed by atoms with van der Waals surface area (Å²) in [5, 5.41) is 5.48. The van der Waals surface area contributed by atoms with Crippen molar-refractivity contribution >= 4 is 12.0 Å². The van der Waals surface area contributed by atoms with Crippen LogP contribution in [-0.2, 0) is 16.0 Å². The van der Waals surface area contributed by atoms with Crippen molar-refractivity contribution < 1.29 is 19.1 Å². The Kier molecular flexibility index (Phi) is 6.89. The van der Waals surface area contributed by atoms with Gasteiger partial charge in [-0.3, -0.25) is 0 Å². The first-order valence-electron chi connectivity index (χ1n) is 9.80. The monoisotopic (exact) mass is 394 g/mol. The fraction of sp³-hybridized carbons (Fsp3) is 0.304. The van der Waals surface area contributed by atoms with Crippen LogP contribution in [0.1, 0.15) is 37.4 Å². The van der Waals surface area contributed by atoms with Crippen LogP contribution in [0.15, 0.2) is 65.9 Å². The van der Waals surface area contributed by atoms with Crippen molar-refractivity contribution in [2.24, 2.45) is 0 Å². The van der Waals surface area contributed by atoms with Crippen LogP contribution in [0.2, 0.25) is 0 Å². The van der Waals surface area contributed by atoms with Crippen LogP contribution in [0.3, 0.4) is 0 Å². The second-order valence-electron chi connectivity index (χ2n) is 6.86. The Morgan fingerprint density at radius 3 is 2.45 bits per heavy atom. The molecule has 6 heteroatoms. The minimum Gasteiger partial charge on any atom is -0.494 e. The summed E-state index contributed by atoms with van der Waals surface area (Å²) < 4.78 is 11.1. The summed E-state index contributed by atoms with van der Waals surface area (Å²) in [5.74, 6) is 0.311. The zero-order chi connectivity index (χ0) is 20.6. The van der Waals surface area contributed by atoms with Crippen LogP contribution in [-0.4, -0.2) is 25.2 Å². The van der Waals surface area contributed by atoms with E-state index in [-0.39, 0.29) is 12.6 Å². The van der Waals surface area contributed by atoms with Gasteiger partial charge in [-0.1, -0.05) is 49.4 Å².